The van der Waals surface area contributed by atoms with Crippen molar-refractivity contribution >= 4 is 5.91 Å². The van der Waals surface area contributed by atoms with Crippen LogP contribution in [0.1, 0.15) is 53.0 Å². The van der Waals surface area contributed by atoms with Crippen molar-refractivity contribution in [3.8, 4) is 0 Å². The summed E-state index contributed by atoms with van der Waals surface area (Å²) in [4.78, 5) is 26.8. The summed E-state index contributed by atoms with van der Waals surface area (Å²) in [5.41, 5.74) is 3.49. The monoisotopic (exact) mass is 296 g/mol. The average molecular weight is 296 g/mol. The van der Waals surface area contributed by atoms with Crippen LogP contribution in [-0.4, -0.2) is 10.9 Å². The van der Waals surface area contributed by atoms with Crippen LogP contribution in [0.5, 0.6) is 0 Å². The topological polar surface area (TPSA) is 62.0 Å². The highest BCUT2D eigenvalue weighted by Gasteiger charge is 2.22. The fourth-order valence-electron chi connectivity index (χ4n) is 3.07. The lowest BCUT2D eigenvalue weighted by Crippen LogP contribution is -2.31. The second-order valence-electron chi connectivity index (χ2n) is 5.73. The molecule has 114 valence electrons. The number of aromatic nitrogens is 1. The van der Waals surface area contributed by atoms with Crippen LogP contribution in [0.25, 0.3) is 0 Å². The van der Waals surface area contributed by atoms with Crippen molar-refractivity contribution in [1.82, 2.24) is 10.3 Å². The Morgan fingerprint density at radius 3 is 2.95 bits per heavy atom. The zero-order valence-corrected chi connectivity index (χ0v) is 12.7. The normalized spacial score (nSPS) is 16.9. The Labute approximate surface area is 129 Å². The van der Waals surface area contributed by atoms with Crippen molar-refractivity contribution in [3.05, 3.63) is 69.1 Å². The van der Waals surface area contributed by atoms with E-state index in [0.29, 0.717) is 12.0 Å². The number of benzene rings is 1. The van der Waals surface area contributed by atoms with Crippen LogP contribution in [0.15, 0.2) is 41.2 Å². The SMILES string of the molecule is CCc1cc(C(=O)N[C@H]2CCCc3ccccc32)cc(=O)[nH]1. The minimum absolute atomic E-state index is 0.0295. The minimum Gasteiger partial charge on any atom is -0.345 e. The Hall–Kier alpha value is -2.36. The number of aryl methyl sites for hydroxylation is 2. The third-order valence-corrected chi connectivity index (χ3v) is 4.22. The molecule has 0 saturated carbocycles. The lowest BCUT2D eigenvalue weighted by atomic mass is 9.87. The second-order valence-corrected chi connectivity index (χ2v) is 5.73. The highest BCUT2D eigenvalue weighted by molar-refractivity contribution is 5.94. The van der Waals surface area contributed by atoms with Gasteiger partial charge in [0.05, 0.1) is 6.04 Å². The molecule has 4 nitrogen and oxygen atoms in total. The van der Waals surface area contributed by atoms with Gasteiger partial charge in [-0.05, 0) is 42.9 Å². The first-order valence-electron chi connectivity index (χ1n) is 7.79. The quantitative estimate of drug-likeness (QED) is 0.915. The van der Waals surface area contributed by atoms with Crippen molar-refractivity contribution in [3.63, 3.8) is 0 Å². The molecule has 4 heteroatoms. The molecule has 1 aliphatic carbocycles. The highest BCUT2D eigenvalue weighted by Crippen LogP contribution is 2.29. The maximum Gasteiger partial charge on any atom is 0.252 e. The largest absolute Gasteiger partial charge is 0.345 e. The number of aromatic amines is 1. The minimum atomic E-state index is -0.228. The van der Waals surface area contributed by atoms with Crippen LogP contribution in [0.4, 0.5) is 0 Å². The number of nitrogens with one attached hydrogen (secondary N) is 2. The van der Waals surface area contributed by atoms with Gasteiger partial charge in [-0.2, -0.15) is 0 Å². The van der Waals surface area contributed by atoms with Crippen LogP contribution in [-0.2, 0) is 12.8 Å². The standard InChI is InChI=1S/C18H20N2O2/c1-2-14-10-13(11-17(21)19-14)18(22)20-16-9-5-7-12-6-3-4-8-15(12)16/h3-4,6,8,10-11,16H,2,5,7,9H2,1H3,(H,19,21)(H,20,22)/t16-/m0/s1. The molecule has 1 aromatic carbocycles. The van der Waals surface area contributed by atoms with E-state index in [1.165, 1.54) is 17.2 Å². The molecule has 1 amide bonds. The first-order valence-corrected chi connectivity index (χ1v) is 7.79. The summed E-state index contributed by atoms with van der Waals surface area (Å²) in [5.74, 6) is -0.178. The van der Waals surface area contributed by atoms with E-state index in [0.717, 1.165) is 25.0 Å². The number of hydrogen-bond acceptors (Lipinski definition) is 2. The molecule has 2 N–H and O–H groups in total. The maximum absolute atomic E-state index is 12.5. The number of rotatable bonds is 3. The Morgan fingerprint density at radius 1 is 1.32 bits per heavy atom. The molecule has 0 radical (unpaired) electrons. The lowest BCUT2D eigenvalue weighted by molar-refractivity contribution is 0.0932. The van der Waals surface area contributed by atoms with E-state index >= 15 is 0 Å². The van der Waals surface area contributed by atoms with Gasteiger partial charge in [0.1, 0.15) is 0 Å². The van der Waals surface area contributed by atoms with E-state index in [4.69, 9.17) is 0 Å². The molecule has 2 aromatic rings. The third kappa shape index (κ3) is 2.96. The van der Waals surface area contributed by atoms with Crippen LogP contribution in [0.2, 0.25) is 0 Å². The van der Waals surface area contributed by atoms with Crippen molar-refractivity contribution < 1.29 is 4.79 Å². The second kappa shape index (κ2) is 6.18. The molecule has 0 bridgehead atoms. The Balaban J connectivity index is 1.84. The van der Waals surface area contributed by atoms with Crippen molar-refractivity contribution in [2.45, 2.75) is 38.6 Å². The summed E-state index contributed by atoms with van der Waals surface area (Å²) >= 11 is 0. The molecule has 0 aliphatic heterocycles. The number of carbonyl (C=O) groups excluding carboxylic acids is 1. The van der Waals surface area contributed by atoms with Gasteiger partial charge in [-0.25, -0.2) is 0 Å². The molecule has 1 heterocycles. The molecular weight excluding hydrogens is 276 g/mol. The zero-order chi connectivity index (χ0) is 15.5. The molecular formula is C18H20N2O2. The van der Waals surface area contributed by atoms with E-state index in [2.05, 4.69) is 22.4 Å². The van der Waals surface area contributed by atoms with Crippen LogP contribution < -0.4 is 10.9 Å². The van der Waals surface area contributed by atoms with Crippen molar-refractivity contribution in [2.24, 2.45) is 0 Å². The molecule has 1 atom stereocenters. The van der Waals surface area contributed by atoms with Gasteiger partial charge in [0.25, 0.3) is 5.91 Å². The molecule has 0 fully saturated rings. The smallest absolute Gasteiger partial charge is 0.252 e. The van der Waals surface area contributed by atoms with Crippen molar-refractivity contribution in [2.75, 3.05) is 0 Å². The summed E-state index contributed by atoms with van der Waals surface area (Å²) < 4.78 is 0. The Morgan fingerprint density at radius 2 is 2.14 bits per heavy atom. The van der Waals surface area contributed by atoms with E-state index in [-0.39, 0.29) is 17.5 Å². The van der Waals surface area contributed by atoms with Crippen LogP contribution in [0, 0.1) is 0 Å². The summed E-state index contributed by atoms with van der Waals surface area (Å²) in [7, 11) is 0. The van der Waals surface area contributed by atoms with Crippen LogP contribution in [0.3, 0.4) is 0 Å². The summed E-state index contributed by atoms with van der Waals surface area (Å²) in [6.07, 6.45) is 3.76. The molecule has 22 heavy (non-hydrogen) atoms. The molecule has 1 aliphatic rings. The van der Waals surface area contributed by atoms with Gasteiger partial charge in [-0.3, -0.25) is 9.59 Å². The van der Waals surface area contributed by atoms with Crippen molar-refractivity contribution in [1.29, 1.82) is 0 Å². The number of H-pyrrole nitrogens is 1. The first-order chi connectivity index (χ1) is 10.7. The van der Waals surface area contributed by atoms with E-state index < -0.39 is 0 Å². The van der Waals surface area contributed by atoms with Gasteiger partial charge in [0, 0.05) is 17.3 Å². The van der Waals surface area contributed by atoms with E-state index in [1.807, 2.05) is 19.1 Å². The number of carbonyl (C=O) groups is 1. The number of amides is 1. The van der Waals surface area contributed by atoms with Gasteiger partial charge in [-0.1, -0.05) is 31.2 Å². The fourth-order valence-corrected chi connectivity index (χ4v) is 3.07. The van der Waals surface area contributed by atoms with Gasteiger partial charge in [0.15, 0.2) is 0 Å². The summed E-state index contributed by atoms with van der Waals surface area (Å²) in [5, 5.41) is 3.08. The highest BCUT2D eigenvalue weighted by atomic mass is 16.2. The number of hydrogen-bond donors (Lipinski definition) is 2. The molecule has 3 rings (SSSR count). The van der Waals surface area contributed by atoms with E-state index in [9.17, 15) is 9.59 Å². The Kier molecular flexibility index (Phi) is 4.09. The third-order valence-electron chi connectivity index (χ3n) is 4.22. The number of pyridine rings is 1. The number of fused-ring (bicyclic) bond motifs is 1. The maximum atomic E-state index is 12.5. The molecule has 0 spiro atoms. The Bertz CT molecular complexity index is 749. The zero-order valence-electron chi connectivity index (χ0n) is 12.7. The van der Waals surface area contributed by atoms with Gasteiger partial charge in [-0.15, -0.1) is 0 Å². The predicted molar refractivity (Wildman–Crippen MR) is 86.0 cm³/mol. The molecule has 0 saturated heterocycles. The van der Waals surface area contributed by atoms with Gasteiger partial charge >= 0.3 is 0 Å². The lowest BCUT2D eigenvalue weighted by Gasteiger charge is -2.26. The van der Waals surface area contributed by atoms with Crippen LogP contribution >= 0.6 is 0 Å². The van der Waals surface area contributed by atoms with E-state index in [1.54, 1.807) is 6.07 Å². The predicted octanol–water partition coefficient (Wildman–Crippen LogP) is 2.74. The molecule has 1 aromatic heterocycles. The molecule has 0 unspecified atom stereocenters. The average Bonchev–Trinajstić information content (AvgIpc) is 2.54. The summed E-state index contributed by atoms with van der Waals surface area (Å²) in [6, 6.07) is 11.4. The fraction of sp³-hybridized carbons (Fsp3) is 0.333. The van der Waals surface area contributed by atoms with Gasteiger partial charge in [0.2, 0.25) is 5.56 Å². The first kappa shape index (κ1) is 14.6. The summed E-state index contributed by atoms with van der Waals surface area (Å²) in [6.45, 7) is 1.95. The van der Waals surface area contributed by atoms with Gasteiger partial charge < -0.3 is 10.3 Å².